The lowest BCUT2D eigenvalue weighted by Gasteiger charge is -2.27. The summed E-state index contributed by atoms with van der Waals surface area (Å²) in [5.41, 5.74) is 0. The molecule has 13 heavy (non-hydrogen) atoms. The number of nitrogens with zero attached hydrogens (tertiary/aromatic N) is 1. The molecule has 0 saturated carbocycles. The maximum Gasteiger partial charge on any atom is 0.313 e. The predicted octanol–water partition coefficient (Wildman–Crippen LogP) is 0.898. The second-order valence-corrected chi connectivity index (χ2v) is 5.29. The van der Waals surface area contributed by atoms with E-state index in [0.717, 1.165) is 32.5 Å². The Morgan fingerprint density at radius 3 is 2.15 bits per heavy atom. The third-order valence-electron chi connectivity index (χ3n) is 2.58. The Balaban J connectivity index is 2.69. The number of hydrogen-bond donors (Lipinski definition) is 0. The Kier molecular flexibility index (Phi) is 3.32. The van der Waals surface area contributed by atoms with Crippen molar-refractivity contribution in [1.82, 2.24) is 0 Å². The Morgan fingerprint density at radius 1 is 1.23 bits per heavy atom. The molecule has 0 spiro atoms. The van der Waals surface area contributed by atoms with Crippen LogP contribution in [0.2, 0.25) is 0 Å². The molecule has 4 nitrogen and oxygen atoms in total. The van der Waals surface area contributed by atoms with Crippen molar-refractivity contribution in [3.63, 3.8) is 0 Å². The quantitative estimate of drug-likeness (QED) is 0.645. The second kappa shape index (κ2) is 3.94. The van der Waals surface area contributed by atoms with Gasteiger partial charge in [-0.1, -0.05) is 4.28 Å². The zero-order valence-corrected chi connectivity index (χ0v) is 9.14. The average molecular weight is 208 g/mol. The largest absolute Gasteiger partial charge is 0.313 e. The highest BCUT2D eigenvalue weighted by atomic mass is 32.2. The highest BCUT2D eigenvalue weighted by molar-refractivity contribution is 7.86. The van der Waals surface area contributed by atoms with Gasteiger partial charge in [-0.2, -0.15) is 13.1 Å². The lowest BCUT2D eigenvalue weighted by atomic mass is 10.4. The van der Waals surface area contributed by atoms with Gasteiger partial charge in [-0.05, 0) is 13.8 Å². The van der Waals surface area contributed by atoms with Crippen LogP contribution in [0.1, 0.15) is 26.7 Å². The van der Waals surface area contributed by atoms with Crippen LogP contribution in [0.25, 0.3) is 0 Å². The molecule has 0 unspecified atom stereocenters. The summed E-state index contributed by atoms with van der Waals surface area (Å²) in [7, 11) is -3.30. The van der Waals surface area contributed by atoms with Crippen LogP contribution in [-0.2, 0) is 14.4 Å². The first-order valence-corrected chi connectivity index (χ1v) is 6.41. The van der Waals surface area contributed by atoms with Gasteiger partial charge in [-0.3, -0.25) is 0 Å². The van der Waals surface area contributed by atoms with E-state index in [1.807, 2.05) is 6.92 Å². The van der Waals surface area contributed by atoms with Gasteiger partial charge in [0.05, 0.1) is 5.75 Å². The molecule has 1 rings (SSSR count). The van der Waals surface area contributed by atoms with E-state index in [9.17, 15) is 8.42 Å². The fourth-order valence-electron chi connectivity index (χ4n) is 1.65. The van der Waals surface area contributed by atoms with E-state index in [2.05, 4.69) is 0 Å². The first kappa shape index (κ1) is 10.9. The topological polar surface area (TPSA) is 43.4 Å². The predicted molar refractivity (Wildman–Crippen MR) is 50.3 cm³/mol. The normalized spacial score (nSPS) is 22.0. The van der Waals surface area contributed by atoms with E-state index < -0.39 is 10.1 Å². The molecule has 0 aromatic carbocycles. The van der Waals surface area contributed by atoms with E-state index in [-0.39, 0.29) is 5.75 Å². The average Bonchev–Trinajstić information content (AvgIpc) is 2.53. The van der Waals surface area contributed by atoms with Gasteiger partial charge >= 0.3 is 10.1 Å². The van der Waals surface area contributed by atoms with Crippen molar-refractivity contribution in [2.75, 3.05) is 25.4 Å². The van der Waals surface area contributed by atoms with Gasteiger partial charge < -0.3 is 0 Å². The minimum atomic E-state index is -3.30. The summed E-state index contributed by atoms with van der Waals surface area (Å²) in [4.78, 5) is 0. The summed E-state index contributed by atoms with van der Waals surface area (Å²) in [5, 5.41) is 0. The summed E-state index contributed by atoms with van der Waals surface area (Å²) in [6, 6.07) is 0. The molecule has 0 aliphatic carbocycles. The lowest BCUT2D eigenvalue weighted by Crippen LogP contribution is -2.46. The summed E-state index contributed by atoms with van der Waals surface area (Å²) in [6.07, 6.45) is 2.13. The minimum absolute atomic E-state index is 0.0625. The summed E-state index contributed by atoms with van der Waals surface area (Å²) >= 11 is 0. The van der Waals surface area contributed by atoms with Crippen LogP contribution in [0.3, 0.4) is 0 Å². The summed E-state index contributed by atoms with van der Waals surface area (Å²) < 4.78 is 28.1. The number of likely N-dealkylation sites (tertiary alicyclic amines) is 1. The van der Waals surface area contributed by atoms with Gasteiger partial charge in [0.1, 0.15) is 19.6 Å². The number of rotatable bonds is 4. The molecule has 1 aliphatic heterocycles. The highest BCUT2D eigenvalue weighted by Crippen LogP contribution is 2.21. The number of quaternary nitrogens is 1. The zero-order valence-electron chi connectivity index (χ0n) is 8.32. The van der Waals surface area contributed by atoms with Crippen LogP contribution < -0.4 is 0 Å². The van der Waals surface area contributed by atoms with Gasteiger partial charge in [0.25, 0.3) is 0 Å². The summed E-state index contributed by atoms with van der Waals surface area (Å²) in [5.74, 6) is 0.0625. The SMILES string of the molecule is CC[N+]1(OS(=O)(=O)CC)CCCC1. The molecule has 78 valence electrons. The van der Waals surface area contributed by atoms with Gasteiger partial charge in [-0.25, -0.2) is 0 Å². The fraction of sp³-hybridized carbons (Fsp3) is 1.00. The van der Waals surface area contributed by atoms with Crippen molar-refractivity contribution >= 4 is 10.1 Å². The number of hydrogen-bond acceptors (Lipinski definition) is 3. The standard InChI is InChI=1S/C8H18NO3S/c1-3-9(7-5-6-8-9)12-13(10,11)4-2/h3-8H2,1-2H3/q+1. The fourth-order valence-corrected chi connectivity index (χ4v) is 2.49. The summed E-state index contributed by atoms with van der Waals surface area (Å²) in [6.45, 7) is 5.97. The molecule has 1 heterocycles. The molecule has 0 amide bonds. The molecular weight excluding hydrogens is 190 g/mol. The number of hydroxylamine groups is 3. The first-order chi connectivity index (χ1) is 6.04. The van der Waals surface area contributed by atoms with Crippen molar-refractivity contribution < 1.29 is 17.3 Å². The monoisotopic (exact) mass is 208 g/mol. The van der Waals surface area contributed by atoms with E-state index in [4.69, 9.17) is 4.28 Å². The second-order valence-electron chi connectivity index (χ2n) is 3.45. The van der Waals surface area contributed by atoms with Crippen molar-refractivity contribution in [3.05, 3.63) is 0 Å². The van der Waals surface area contributed by atoms with E-state index in [0.29, 0.717) is 4.65 Å². The first-order valence-electron chi connectivity index (χ1n) is 4.83. The zero-order chi connectivity index (χ0) is 9.95. The molecule has 0 aromatic rings. The maximum atomic E-state index is 11.3. The Labute approximate surface area is 80.2 Å². The van der Waals surface area contributed by atoms with E-state index in [1.54, 1.807) is 6.92 Å². The molecule has 1 fully saturated rings. The van der Waals surface area contributed by atoms with Crippen LogP contribution >= 0.6 is 0 Å². The van der Waals surface area contributed by atoms with Crippen molar-refractivity contribution in [2.24, 2.45) is 0 Å². The van der Waals surface area contributed by atoms with Crippen LogP contribution in [0.4, 0.5) is 0 Å². The van der Waals surface area contributed by atoms with Crippen molar-refractivity contribution in [2.45, 2.75) is 26.7 Å². The van der Waals surface area contributed by atoms with Crippen LogP contribution in [0, 0.1) is 0 Å². The van der Waals surface area contributed by atoms with Crippen molar-refractivity contribution in [3.8, 4) is 0 Å². The molecule has 0 atom stereocenters. The van der Waals surface area contributed by atoms with Crippen molar-refractivity contribution in [1.29, 1.82) is 0 Å². The van der Waals surface area contributed by atoms with Gasteiger partial charge in [0, 0.05) is 12.8 Å². The van der Waals surface area contributed by atoms with E-state index >= 15 is 0 Å². The Bertz CT molecular complexity index is 255. The molecular formula is C8H18NO3S+. The van der Waals surface area contributed by atoms with Crippen LogP contribution in [0.15, 0.2) is 0 Å². The minimum Gasteiger partial charge on any atom is -0.194 e. The molecule has 0 bridgehead atoms. The van der Waals surface area contributed by atoms with Gasteiger partial charge in [0.2, 0.25) is 0 Å². The Morgan fingerprint density at radius 2 is 1.77 bits per heavy atom. The van der Waals surface area contributed by atoms with E-state index in [1.165, 1.54) is 0 Å². The molecule has 1 saturated heterocycles. The Hall–Kier alpha value is -0.130. The van der Waals surface area contributed by atoms with Gasteiger partial charge in [0.15, 0.2) is 0 Å². The molecule has 1 aliphatic rings. The third-order valence-corrected chi connectivity index (χ3v) is 3.83. The smallest absolute Gasteiger partial charge is 0.194 e. The maximum absolute atomic E-state index is 11.3. The highest BCUT2D eigenvalue weighted by Gasteiger charge is 2.37. The molecule has 0 N–H and O–H groups in total. The van der Waals surface area contributed by atoms with Crippen LogP contribution in [-0.4, -0.2) is 38.5 Å². The molecule has 5 heteroatoms. The van der Waals surface area contributed by atoms with Gasteiger partial charge in [-0.15, -0.1) is 0 Å². The third kappa shape index (κ3) is 2.65. The van der Waals surface area contributed by atoms with Crippen LogP contribution in [0.5, 0.6) is 0 Å². The molecule has 0 radical (unpaired) electrons. The lowest BCUT2D eigenvalue weighted by molar-refractivity contribution is -1.07. The molecule has 0 aromatic heterocycles.